The zero-order valence-electron chi connectivity index (χ0n) is 16.4. The maximum atomic E-state index is 13.1. The van der Waals surface area contributed by atoms with Crippen molar-refractivity contribution < 1.29 is 17.9 Å². The van der Waals surface area contributed by atoms with Gasteiger partial charge in [0.15, 0.2) is 5.13 Å². The Balaban J connectivity index is 1.67. The van der Waals surface area contributed by atoms with Gasteiger partial charge in [-0.3, -0.25) is 9.69 Å². The van der Waals surface area contributed by atoms with Gasteiger partial charge >= 0.3 is 0 Å². The number of nitrogens with one attached hydrogen (secondary N) is 1. The lowest BCUT2D eigenvalue weighted by molar-refractivity contribution is -0.116. The zero-order chi connectivity index (χ0) is 20.7. The van der Waals surface area contributed by atoms with Crippen molar-refractivity contribution in [1.29, 1.82) is 0 Å². The van der Waals surface area contributed by atoms with Crippen LogP contribution in [0.5, 0.6) is 0 Å². The van der Waals surface area contributed by atoms with Gasteiger partial charge in [-0.2, -0.15) is 4.31 Å². The van der Waals surface area contributed by atoms with Gasteiger partial charge in [0.1, 0.15) is 0 Å². The standard InChI is InChI=1S/C19H26N4O4S2/c1-16-14-20-19(28-16)21-18(24)15-23(9-5-8-22-10-12-27-13-11-22)29(25,26)17-6-3-2-4-7-17/h2-4,6-7,14H,5,8-13,15H2,1H3,(H,20,21,24). The van der Waals surface area contributed by atoms with Gasteiger partial charge in [0.25, 0.3) is 0 Å². The highest BCUT2D eigenvalue weighted by atomic mass is 32.2. The van der Waals surface area contributed by atoms with E-state index in [2.05, 4.69) is 15.2 Å². The summed E-state index contributed by atoms with van der Waals surface area (Å²) in [6.45, 7) is 5.74. The highest BCUT2D eigenvalue weighted by Gasteiger charge is 2.26. The van der Waals surface area contributed by atoms with Crippen LogP contribution >= 0.6 is 11.3 Å². The maximum Gasteiger partial charge on any atom is 0.243 e. The first-order valence-electron chi connectivity index (χ1n) is 9.53. The number of anilines is 1. The smallest absolute Gasteiger partial charge is 0.243 e. The molecular formula is C19H26N4O4S2. The number of hydrogen-bond acceptors (Lipinski definition) is 7. The number of ether oxygens (including phenoxy) is 1. The van der Waals surface area contributed by atoms with E-state index in [4.69, 9.17) is 4.74 Å². The molecule has 10 heteroatoms. The average Bonchev–Trinajstić information content (AvgIpc) is 3.13. The van der Waals surface area contributed by atoms with Crippen LogP contribution in [0.15, 0.2) is 41.4 Å². The number of aromatic nitrogens is 1. The Bertz CT molecular complexity index is 896. The molecule has 0 aliphatic carbocycles. The molecule has 1 aliphatic heterocycles. The van der Waals surface area contributed by atoms with E-state index in [-0.39, 0.29) is 18.0 Å². The second kappa shape index (κ2) is 10.3. The summed E-state index contributed by atoms with van der Waals surface area (Å²) in [5.74, 6) is -0.398. The number of rotatable bonds is 9. The Morgan fingerprint density at radius 3 is 2.66 bits per heavy atom. The second-order valence-electron chi connectivity index (χ2n) is 6.78. The molecule has 2 heterocycles. The third kappa shape index (κ3) is 6.31. The van der Waals surface area contributed by atoms with Crippen molar-refractivity contribution in [2.75, 3.05) is 51.3 Å². The summed E-state index contributed by atoms with van der Waals surface area (Å²) in [7, 11) is -3.77. The molecule has 158 valence electrons. The molecule has 1 fully saturated rings. The van der Waals surface area contributed by atoms with Gasteiger partial charge in [-0.15, -0.1) is 11.3 Å². The minimum absolute atomic E-state index is 0.185. The number of nitrogens with zero attached hydrogens (tertiary/aromatic N) is 3. The van der Waals surface area contributed by atoms with Crippen LogP contribution in [0.4, 0.5) is 5.13 Å². The molecule has 0 bridgehead atoms. The quantitative estimate of drug-likeness (QED) is 0.642. The molecule has 1 N–H and O–H groups in total. The molecule has 0 saturated carbocycles. The minimum Gasteiger partial charge on any atom is -0.379 e. The molecule has 2 aromatic rings. The molecule has 8 nitrogen and oxygen atoms in total. The molecule has 0 spiro atoms. The van der Waals surface area contributed by atoms with E-state index in [1.807, 2.05) is 6.92 Å². The molecule has 1 aromatic heterocycles. The van der Waals surface area contributed by atoms with Gasteiger partial charge in [-0.25, -0.2) is 13.4 Å². The van der Waals surface area contributed by atoms with E-state index in [1.165, 1.54) is 15.6 Å². The second-order valence-corrected chi connectivity index (χ2v) is 9.96. The molecule has 1 saturated heterocycles. The van der Waals surface area contributed by atoms with E-state index in [0.29, 0.717) is 24.8 Å². The molecule has 1 amide bonds. The predicted octanol–water partition coefficient (Wildman–Crippen LogP) is 1.80. The first-order valence-corrected chi connectivity index (χ1v) is 11.8. The van der Waals surface area contributed by atoms with E-state index in [1.54, 1.807) is 36.5 Å². The highest BCUT2D eigenvalue weighted by Crippen LogP contribution is 2.18. The van der Waals surface area contributed by atoms with Crippen molar-refractivity contribution in [1.82, 2.24) is 14.2 Å². The third-order valence-electron chi connectivity index (χ3n) is 4.55. The summed E-state index contributed by atoms with van der Waals surface area (Å²) in [6.07, 6.45) is 2.30. The molecule has 3 rings (SSSR count). The number of aryl methyl sites for hydroxylation is 1. The molecule has 1 aliphatic rings. The highest BCUT2D eigenvalue weighted by molar-refractivity contribution is 7.89. The van der Waals surface area contributed by atoms with Crippen molar-refractivity contribution in [2.24, 2.45) is 0 Å². The lowest BCUT2D eigenvalue weighted by Crippen LogP contribution is -2.41. The van der Waals surface area contributed by atoms with Gasteiger partial charge in [-0.05, 0) is 32.0 Å². The van der Waals surface area contributed by atoms with Gasteiger partial charge in [0, 0.05) is 30.7 Å². The topological polar surface area (TPSA) is 91.8 Å². The van der Waals surface area contributed by atoms with Gasteiger partial charge in [-0.1, -0.05) is 18.2 Å². The van der Waals surface area contributed by atoms with Crippen molar-refractivity contribution in [2.45, 2.75) is 18.2 Å². The average molecular weight is 439 g/mol. The summed E-state index contributed by atoms with van der Waals surface area (Å²) < 4.78 is 32.8. The summed E-state index contributed by atoms with van der Waals surface area (Å²) in [5, 5.41) is 3.16. The van der Waals surface area contributed by atoms with Crippen LogP contribution in [-0.2, 0) is 19.6 Å². The number of benzene rings is 1. The number of hydrogen-bond donors (Lipinski definition) is 1. The number of amides is 1. The lowest BCUT2D eigenvalue weighted by atomic mass is 10.3. The van der Waals surface area contributed by atoms with E-state index in [9.17, 15) is 13.2 Å². The molecule has 29 heavy (non-hydrogen) atoms. The number of carbonyl (C=O) groups is 1. The van der Waals surface area contributed by atoms with Crippen LogP contribution in [0.1, 0.15) is 11.3 Å². The van der Waals surface area contributed by atoms with Crippen molar-refractivity contribution >= 4 is 32.4 Å². The normalized spacial score (nSPS) is 15.5. The number of sulfonamides is 1. The first-order chi connectivity index (χ1) is 13.9. The van der Waals surface area contributed by atoms with E-state index in [0.717, 1.165) is 24.5 Å². The van der Waals surface area contributed by atoms with Crippen LogP contribution in [0.3, 0.4) is 0 Å². The number of thiazole rings is 1. The monoisotopic (exact) mass is 438 g/mol. The van der Waals surface area contributed by atoms with Gasteiger partial charge in [0.2, 0.25) is 15.9 Å². The minimum atomic E-state index is -3.77. The molecule has 0 radical (unpaired) electrons. The van der Waals surface area contributed by atoms with Crippen molar-refractivity contribution in [3.05, 3.63) is 41.4 Å². The fraction of sp³-hybridized carbons (Fsp3) is 0.474. The fourth-order valence-corrected chi connectivity index (χ4v) is 5.19. The molecule has 0 atom stereocenters. The van der Waals surface area contributed by atoms with Crippen LogP contribution < -0.4 is 5.32 Å². The van der Waals surface area contributed by atoms with E-state index < -0.39 is 15.9 Å². The molecule has 0 unspecified atom stereocenters. The van der Waals surface area contributed by atoms with Crippen LogP contribution in [0.25, 0.3) is 0 Å². The Kier molecular flexibility index (Phi) is 7.73. The first kappa shape index (κ1) is 21.8. The Morgan fingerprint density at radius 2 is 2.00 bits per heavy atom. The van der Waals surface area contributed by atoms with Crippen LogP contribution in [0.2, 0.25) is 0 Å². The summed E-state index contributed by atoms with van der Waals surface area (Å²) in [4.78, 5) is 20.0. The predicted molar refractivity (Wildman–Crippen MR) is 113 cm³/mol. The van der Waals surface area contributed by atoms with Crippen LogP contribution in [0, 0.1) is 6.92 Å². The fourth-order valence-electron chi connectivity index (χ4n) is 3.05. The van der Waals surface area contributed by atoms with Crippen LogP contribution in [-0.4, -0.2) is 74.5 Å². The summed E-state index contributed by atoms with van der Waals surface area (Å²) >= 11 is 1.35. The maximum absolute atomic E-state index is 13.1. The number of carbonyl (C=O) groups excluding carboxylic acids is 1. The van der Waals surface area contributed by atoms with Gasteiger partial charge in [0.05, 0.1) is 24.7 Å². The van der Waals surface area contributed by atoms with Gasteiger partial charge < -0.3 is 10.1 Å². The lowest BCUT2D eigenvalue weighted by Gasteiger charge is -2.28. The molecule has 1 aromatic carbocycles. The summed E-state index contributed by atoms with van der Waals surface area (Å²) in [5.41, 5.74) is 0. The largest absolute Gasteiger partial charge is 0.379 e. The summed E-state index contributed by atoms with van der Waals surface area (Å²) in [6, 6.07) is 8.21. The zero-order valence-corrected chi connectivity index (χ0v) is 18.0. The molecular weight excluding hydrogens is 412 g/mol. The Labute approximate surface area is 175 Å². The number of morpholine rings is 1. The third-order valence-corrected chi connectivity index (χ3v) is 7.24. The van der Waals surface area contributed by atoms with Crippen molar-refractivity contribution in [3.8, 4) is 0 Å². The van der Waals surface area contributed by atoms with E-state index >= 15 is 0 Å². The Hall–Kier alpha value is -1.85. The Morgan fingerprint density at radius 1 is 1.28 bits per heavy atom. The van der Waals surface area contributed by atoms with Crippen molar-refractivity contribution in [3.63, 3.8) is 0 Å². The SMILES string of the molecule is Cc1cnc(NC(=O)CN(CCCN2CCOCC2)S(=O)(=O)c2ccccc2)s1.